The van der Waals surface area contributed by atoms with Crippen molar-refractivity contribution in [3.63, 3.8) is 0 Å². The van der Waals surface area contributed by atoms with Crippen LogP contribution in [-0.2, 0) is 0 Å². The van der Waals surface area contributed by atoms with Crippen LogP contribution < -0.4 is 0 Å². The zero-order valence-electron chi connectivity index (χ0n) is 8.15. The van der Waals surface area contributed by atoms with E-state index < -0.39 is 0 Å². The summed E-state index contributed by atoms with van der Waals surface area (Å²) >= 11 is 1.53. The molecular weight excluding hydrogens is 194 g/mol. The Hall–Kier alpha value is -1.22. The molecule has 2 aromatic rings. The van der Waals surface area contributed by atoms with Crippen LogP contribution in [0.25, 0.3) is 10.2 Å². The quantitative estimate of drug-likeness (QED) is 0.704. The number of carbonyl (C=O) groups is 1. The third kappa shape index (κ3) is 1.34. The van der Waals surface area contributed by atoms with Gasteiger partial charge in [0.15, 0.2) is 6.29 Å². The Bertz CT molecular complexity index is 473. The minimum absolute atomic E-state index is 0.377. The van der Waals surface area contributed by atoms with Crippen LogP contribution in [0.4, 0.5) is 0 Å². The van der Waals surface area contributed by atoms with E-state index in [1.54, 1.807) is 5.51 Å². The predicted octanol–water partition coefficient (Wildman–Crippen LogP) is 3.23. The zero-order valence-corrected chi connectivity index (χ0v) is 8.97. The van der Waals surface area contributed by atoms with Crippen molar-refractivity contribution in [2.75, 3.05) is 0 Å². The highest BCUT2D eigenvalue weighted by Gasteiger charge is 2.11. The van der Waals surface area contributed by atoms with Gasteiger partial charge in [-0.3, -0.25) is 4.79 Å². The van der Waals surface area contributed by atoms with Gasteiger partial charge in [-0.15, -0.1) is 11.3 Å². The summed E-state index contributed by atoms with van der Waals surface area (Å²) in [5.74, 6) is 0.377. The minimum atomic E-state index is 0.377. The summed E-state index contributed by atoms with van der Waals surface area (Å²) < 4.78 is 1.01. The Morgan fingerprint density at radius 3 is 2.86 bits per heavy atom. The van der Waals surface area contributed by atoms with Crippen molar-refractivity contribution in [1.29, 1.82) is 0 Å². The lowest BCUT2D eigenvalue weighted by Gasteiger charge is -2.08. The first-order valence-electron chi connectivity index (χ1n) is 4.55. The van der Waals surface area contributed by atoms with Crippen molar-refractivity contribution < 1.29 is 4.79 Å². The van der Waals surface area contributed by atoms with Gasteiger partial charge in [0, 0.05) is 5.56 Å². The van der Waals surface area contributed by atoms with Crippen molar-refractivity contribution in [3.8, 4) is 0 Å². The maximum Gasteiger partial charge on any atom is 0.151 e. The van der Waals surface area contributed by atoms with Gasteiger partial charge in [-0.2, -0.15) is 0 Å². The molecule has 2 rings (SSSR count). The molecule has 0 saturated heterocycles. The molecule has 1 aromatic heterocycles. The summed E-state index contributed by atoms with van der Waals surface area (Å²) in [5.41, 5.74) is 4.61. The molecule has 0 bridgehead atoms. The fraction of sp³-hybridized carbons (Fsp3) is 0.273. The first-order chi connectivity index (χ1) is 6.74. The molecule has 0 amide bonds. The van der Waals surface area contributed by atoms with Gasteiger partial charge in [-0.25, -0.2) is 4.98 Å². The molecule has 0 N–H and O–H groups in total. The monoisotopic (exact) mass is 205 g/mol. The van der Waals surface area contributed by atoms with E-state index in [1.165, 1.54) is 11.3 Å². The highest BCUT2D eigenvalue weighted by atomic mass is 32.1. The number of aromatic nitrogens is 1. The van der Waals surface area contributed by atoms with Crippen LogP contribution in [-0.4, -0.2) is 11.3 Å². The average molecular weight is 205 g/mol. The normalized spacial score (nSPS) is 11.1. The van der Waals surface area contributed by atoms with E-state index in [9.17, 15) is 4.79 Å². The van der Waals surface area contributed by atoms with Gasteiger partial charge in [0.2, 0.25) is 0 Å². The van der Waals surface area contributed by atoms with Crippen molar-refractivity contribution >= 4 is 27.8 Å². The van der Waals surface area contributed by atoms with E-state index in [4.69, 9.17) is 0 Å². The number of thiazole rings is 1. The van der Waals surface area contributed by atoms with E-state index in [1.807, 2.05) is 12.1 Å². The smallest absolute Gasteiger partial charge is 0.151 e. The average Bonchev–Trinajstić information content (AvgIpc) is 2.63. The summed E-state index contributed by atoms with van der Waals surface area (Å²) in [6.07, 6.45) is 0.940. The van der Waals surface area contributed by atoms with Gasteiger partial charge in [-0.05, 0) is 17.5 Å². The second-order valence-corrected chi connectivity index (χ2v) is 4.40. The van der Waals surface area contributed by atoms with Crippen molar-refractivity contribution in [3.05, 3.63) is 28.8 Å². The topological polar surface area (TPSA) is 30.0 Å². The molecule has 72 valence electrons. The molecule has 0 fully saturated rings. The van der Waals surface area contributed by atoms with E-state index in [2.05, 4.69) is 18.8 Å². The number of aldehydes is 1. The number of hydrogen-bond acceptors (Lipinski definition) is 3. The second-order valence-electron chi connectivity index (χ2n) is 3.54. The van der Waals surface area contributed by atoms with Crippen LogP contribution in [0.15, 0.2) is 17.6 Å². The fourth-order valence-corrected chi connectivity index (χ4v) is 2.40. The first-order valence-corrected chi connectivity index (χ1v) is 5.43. The largest absolute Gasteiger partial charge is 0.298 e. The number of hydrogen-bond donors (Lipinski definition) is 0. The molecule has 0 atom stereocenters. The van der Waals surface area contributed by atoms with E-state index in [0.29, 0.717) is 5.92 Å². The SMILES string of the molecule is CC(C)c1ccc2ncsc2c1C=O. The number of carbonyl (C=O) groups excluding carboxylic acids is 1. The van der Waals surface area contributed by atoms with Gasteiger partial charge in [0.1, 0.15) is 0 Å². The van der Waals surface area contributed by atoms with E-state index in [-0.39, 0.29) is 0 Å². The highest BCUT2D eigenvalue weighted by molar-refractivity contribution is 7.17. The molecule has 0 aliphatic heterocycles. The molecule has 0 aliphatic carbocycles. The molecule has 3 heteroatoms. The minimum Gasteiger partial charge on any atom is -0.298 e. The van der Waals surface area contributed by atoms with Crippen LogP contribution in [0.3, 0.4) is 0 Å². The summed E-state index contributed by atoms with van der Waals surface area (Å²) in [6, 6.07) is 3.98. The van der Waals surface area contributed by atoms with Gasteiger partial charge in [0.25, 0.3) is 0 Å². The number of nitrogens with zero attached hydrogens (tertiary/aromatic N) is 1. The maximum atomic E-state index is 11.0. The summed E-state index contributed by atoms with van der Waals surface area (Å²) in [6.45, 7) is 4.18. The Kier molecular flexibility index (Phi) is 2.33. The third-order valence-electron chi connectivity index (χ3n) is 2.31. The first kappa shape index (κ1) is 9.34. The number of benzene rings is 1. The van der Waals surface area contributed by atoms with E-state index >= 15 is 0 Å². The number of rotatable bonds is 2. The summed E-state index contributed by atoms with van der Waals surface area (Å²) in [7, 11) is 0. The Labute approximate surface area is 86.6 Å². The molecular formula is C11H11NOS. The molecule has 0 saturated carbocycles. The third-order valence-corrected chi connectivity index (χ3v) is 3.19. The lowest BCUT2D eigenvalue weighted by Crippen LogP contribution is -1.94. The van der Waals surface area contributed by atoms with Crippen molar-refractivity contribution in [2.45, 2.75) is 19.8 Å². The molecule has 1 aromatic carbocycles. The maximum absolute atomic E-state index is 11.0. The highest BCUT2D eigenvalue weighted by Crippen LogP contribution is 2.28. The van der Waals surface area contributed by atoms with Gasteiger partial charge < -0.3 is 0 Å². The Morgan fingerprint density at radius 2 is 2.21 bits per heavy atom. The molecule has 1 heterocycles. The van der Waals surface area contributed by atoms with Crippen molar-refractivity contribution in [2.24, 2.45) is 0 Å². The summed E-state index contributed by atoms with van der Waals surface area (Å²) in [5, 5.41) is 0. The van der Waals surface area contributed by atoms with Crippen molar-refractivity contribution in [1.82, 2.24) is 4.98 Å². The number of fused-ring (bicyclic) bond motifs is 1. The van der Waals surface area contributed by atoms with Crippen LogP contribution in [0.1, 0.15) is 35.7 Å². The van der Waals surface area contributed by atoms with Crippen LogP contribution in [0.2, 0.25) is 0 Å². The fourth-order valence-electron chi connectivity index (χ4n) is 1.59. The van der Waals surface area contributed by atoms with Crippen LogP contribution in [0, 0.1) is 0 Å². The Balaban J connectivity index is 2.78. The van der Waals surface area contributed by atoms with E-state index in [0.717, 1.165) is 27.6 Å². The van der Waals surface area contributed by atoms with Gasteiger partial charge in [-0.1, -0.05) is 19.9 Å². The molecule has 0 unspecified atom stereocenters. The molecule has 14 heavy (non-hydrogen) atoms. The lowest BCUT2D eigenvalue weighted by molar-refractivity contribution is 0.112. The zero-order chi connectivity index (χ0) is 10.1. The standard InChI is InChI=1S/C11H11NOS/c1-7(2)8-3-4-10-11(9(8)5-13)14-6-12-10/h3-7H,1-2H3. The van der Waals surface area contributed by atoms with Gasteiger partial charge in [0.05, 0.1) is 15.7 Å². The van der Waals surface area contributed by atoms with Crippen LogP contribution >= 0.6 is 11.3 Å². The molecule has 0 radical (unpaired) electrons. The second kappa shape index (κ2) is 3.50. The van der Waals surface area contributed by atoms with Gasteiger partial charge >= 0.3 is 0 Å². The summed E-state index contributed by atoms with van der Waals surface area (Å²) in [4.78, 5) is 15.2. The predicted molar refractivity (Wildman–Crippen MR) is 59.1 cm³/mol. The molecule has 0 aliphatic rings. The Morgan fingerprint density at radius 1 is 1.43 bits per heavy atom. The molecule has 0 spiro atoms. The molecule has 2 nitrogen and oxygen atoms in total. The van der Waals surface area contributed by atoms with Crippen LogP contribution in [0.5, 0.6) is 0 Å². The lowest BCUT2D eigenvalue weighted by atomic mass is 9.98.